The van der Waals surface area contributed by atoms with Gasteiger partial charge in [0.25, 0.3) is 0 Å². The first kappa shape index (κ1) is 26.9. The van der Waals surface area contributed by atoms with Crippen LogP contribution in [-0.2, 0) is 24.2 Å². The van der Waals surface area contributed by atoms with E-state index >= 15 is 0 Å². The number of Topliss-reactive ketones (excluding diaryl/α,β-unsaturated/α-hetero) is 1. The Balaban J connectivity index is 1.40. The summed E-state index contributed by atoms with van der Waals surface area (Å²) in [6.45, 7) is 4.86. The van der Waals surface area contributed by atoms with Gasteiger partial charge in [0.1, 0.15) is 5.82 Å². The number of aryl methyl sites for hydroxylation is 1. The fourth-order valence-corrected chi connectivity index (χ4v) is 6.64. The lowest BCUT2D eigenvalue weighted by Crippen LogP contribution is -2.19. The third-order valence-electron chi connectivity index (χ3n) is 8.59. The zero-order valence-electron chi connectivity index (χ0n) is 23.6. The van der Waals surface area contributed by atoms with Crippen molar-refractivity contribution in [3.63, 3.8) is 0 Å². The second kappa shape index (κ2) is 11.3. The molecule has 2 aromatic carbocycles. The van der Waals surface area contributed by atoms with E-state index in [1.165, 1.54) is 16.7 Å². The average molecular weight is 546 g/mol. The van der Waals surface area contributed by atoms with Crippen molar-refractivity contribution in [2.45, 2.75) is 58.4 Å². The zero-order valence-corrected chi connectivity index (χ0v) is 23.6. The highest BCUT2D eigenvalue weighted by molar-refractivity contribution is 6.04. The Bertz CT molecular complexity index is 1620. The van der Waals surface area contributed by atoms with Crippen LogP contribution >= 0.6 is 0 Å². The summed E-state index contributed by atoms with van der Waals surface area (Å²) in [6, 6.07) is 15.3. The number of benzene rings is 2. The third-order valence-corrected chi connectivity index (χ3v) is 8.59. The molecular weight excluding hydrogens is 510 g/mol. The van der Waals surface area contributed by atoms with Gasteiger partial charge in [-0.3, -0.25) is 9.79 Å². The Hall–Kier alpha value is -4.32. The number of imidazole rings is 1. The number of aromatic nitrogens is 2. The second-order valence-electron chi connectivity index (χ2n) is 11.2. The Labute approximate surface area is 240 Å². The predicted octanol–water partition coefficient (Wildman–Crippen LogP) is 7.03. The number of aliphatic imine (C=N–C) groups is 1. The lowest BCUT2D eigenvalue weighted by Gasteiger charge is -2.26. The van der Waals surface area contributed by atoms with Crippen LogP contribution < -0.4 is 0 Å². The van der Waals surface area contributed by atoms with Crippen LogP contribution in [0.3, 0.4) is 0 Å². The normalized spacial score (nSPS) is 20.9. The van der Waals surface area contributed by atoms with Crippen LogP contribution in [0.15, 0.2) is 94.7 Å². The predicted molar refractivity (Wildman–Crippen MR) is 161 cm³/mol. The van der Waals surface area contributed by atoms with Gasteiger partial charge in [-0.05, 0) is 53.3 Å². The molecule has 0 saturated heterocycles. The Kier molecular flexibility index (Phi) is 7.39. The highest BCUT2D eigenvalue weighted by atomic mass is 16.4. The number of allylic oxidation sites excluding steroid dienone is 6. The van der Waals surface area contributed by atoms with Gasteiger partial charge in [-0.2, -0.15) is 0 Å². The van der Waals surface area contributed by atoms with E-state index in [1.54, 1.807) is 12.1 Å². The first-order valence-corrected chi connectivity index (χ1v) is 14.6. The van der Waals surface area contributed by atoms with Crippen LogP contribution in [0.25, 0.3) is 0 Å². The molecule has 3 aromatic rings. The highest BCUT2D eigenvalue weighted by Crippen LogP contribution is 2.50. The van der Waals surface area contributed by atoms with Crippen molar-refractivity contribution >= 4 is 23.7 Å². The number of hydrogen-bond donors (Lipinski definition) is 1. The van der Waals surface area contributed by atoms with E-state index in [0.29, 0.717) is 13.0 Å². The van der Waals surface area contributed by atoms with Gasteiger partial charge in [0.05, 0.1) is 11.3 Å². The molecule has 3 unspecified atom stereocenters. The molecular formula is C35H35N3O3. The number of fused-ring (bicyclic) bond motifs is 2. The number of hydrogen-bond acceptors (Lipinski definition) is 4. The number of para-hydroxylation sites is 1. The molecule has 6 heteroatoms. The van der Waals surface area contributed by atoms with Crippen LogP contribution in [0.2, 0.25) is 0 Å². The molecule has 6 nitrogen and oxygen atoms in total. The summed E-state index contributed by atoms with van der Waals surface area (Å²) in [5, 5.41) is 9.31. The van der Waals surface area contributed by atoms with Crippen LogP contribution in [0, 0.1) is 11.8 Å². The topological polar surface area (TPSA) is 84.5 Å². The number of carbonyl (C=O) groups is 2. The van der Waals surface area contributed by atoms with Crippen molar-refractivity contribution in [3.8, 4) is 0 Å². The minimum atomic E-state index is -0.934. The molecule has 41 heavy (non-hydrogen) atoms. The third kappa shape index (κ3) is 4.92. The fourth-order valence-electron chi connectivity index (χ4n) is 6.64. The van der Waals surface area contributed by atoms with Gasteiger partial charge in [0, 0.05) is 60.8 Å². The Morgan fingerprint density at radius 2 is 1.85 bits per heavy atom. The second-order valence-corrected chi connectivity index (χ2v) is 11.2. The van der Waals surface area contributed by atoms with E-state index in [2.05, 4.69) is 48.8 Å². The minimum absolute atomic E-state index is 0.0325. The minimum Gasteiger partial charge on any atom is -0.478 e. The summed E-state index contributed by atoms with van der Waals surface area (Å²) in [6.07, 6.45) is 14.6. The summed E-state index contributed by atoms with van der Waals surface area (Å²) in [5.74, 6) is 0.366. The summed E-state index contributed by atoms with van der Waals surface area (Å²) < 4.78 is 2.22. The lowest BCUT2D eigenvalue weighted by atomic mass is 9.77. The quantitative estimate of drug-likeness (QED) is 0.296. The number of rotatable bonds is 10. The van der Waals surface area contributed by atoms with Gasteiger partial charge in [0.15, 0.2) is 5.78 Å². The van der Waals surface area contributed by atoms with E-state index < -0.39 is 5.97 Å². The Morgan fingerprint density at radius 3 is 2.61 bits per heavy atom. The molecule has 3 atom stereocenters. The molecule has 0 amide bonds. The molecule has 0 bridgehead atoms. The van der Waals surface area contributed by atoms with Crippen LogP contribution in [0.4, 0.5) is 5.69 Å². The maximum atomic E-state index is 14.1. The molecule has 208 valence electrons. The van der Waals surface area contributed by atoms with E-state index in [-0.39, 0.29) is 29.1 Å². The number of carboxylic acid groups (broad SMARTS) is 1. The maximum Gasteiger partial charge on any atom is 0.335 e. The van der Waals surface area contributed by atoms with Crippen LogP contribution in [0.1, 0.15) is 72.0 Å². The summed E-state index contributed by atoms with van der Waals surface area (Å²) in [5.41, 5.74) is 7.71. The monoisotopic (exact) mass is 545 g/mol. The smallest absolute Gasteiger partial charge is 0.335 e. The van der Waals surface area contributed by atoms with Gasteiger partial charge in [-0.1, -0.05) is 68.8 Å². The molecule has 1 aliphatic heterocycles. The summed E-state index contributed by atoms with van der Waals surface area (Å²) in [4.78, 5) is 35.0. The maximum absolute atomic E-state index is 14.1. The van der Waals surface area contributed by atoms with Crippen molar-refractivity contribution in [2.75, 3.05) is 0 Å². The molecule has 1 aromatic heterocycles. The van der Waals surface area contributed by atoms with E-state index in [9.17, 15) is 14.7 Å². The molecule has 3 aliphatic rings. The molecule has 1 N–H and O–H groups in total. The number of carbonyl (C=O) groups excluding carboxylic acids is 1. The van der Waals surface area contributed by atoms with E-state index in [1.807, 2.05) is 36.7 Å². The van der Waals surface area contributed by atoms with Crippen LogP contribution in [0.5, 0.6) is 0 Å². The van der Waals surface area contributed by atoms with Crippen molar-refractivity contribution in [1.82, 2.24) is 9.55 Å². The van der Waals surface area contributed by atoms with Crippen molar-refractivity contribution in [3.05, 3.63) is 118 Å². The van der Waals surface area contributed by atoms with Gasteiger partial charge >= 0.3 is 5.97 Å². The fraction of sp³-hybridized carbons (Fsp3) is 0.314. The number of aromatic carboxylic acids is 1. The van der Waals surface area contributed by atoms with E-state index in [4.69, 9.17) is 9.98 Å². The largest absolute Gasteiger partial charge is 0.478 e. The summed E-state index contributed by atoms with van der Waals surface area (Å²) in [7, 11) is 0. The van der Waals surface area contributed by atoms with Gasteiger partial charge in [-0.15, -0.1) is 0 Å². The Morgan fingerprint density at radius 1 is 1.05 bits per heavy atom. The first-order valence-electron chi connectivity index (χ1n) is 14.6. The SMILES string of the molecule is CCCc1ncc(CC2=C3C(C4C=Nc5ccccc54)=CC=CC3C(CCC)C2=O)n1Cc1ccc(C(=O)O)cc1. The number of nitrogens with zero attached hydrogens (tertiary/aromatic N) is 3. The summed E-state index contributed by atoms with van der Waals surface area (Å²) >= 11 is 0. The highest BCUT2D eigenvalue weighted by Gasteiger charge is 2.43. The standard InChI is InChI=1S/C35H35N3O3/c1-3-8-28-26-11-7-12-27(30-20-36-31-13-6-5-10-25(30)31)33(26)29(34(28)39)18-24-19-37-32(9-4-2)38(24)21-22-14-16-23(17-15-22)35(40)41/h5-7,10-17,19-20,26,28,30H,3-4,8-9,18,21H2,1-2H3,(H,40,41). The van der Waals surface area contributed by atoms with Gasteiger partial charge < -0.3 is 9.67 Å². The van der Waals surface area contributed by atoms with Crippen molar-refractivity contribution in [1.29, 1.82) is 0 Å². The number of ketones is 1. The first-order chi connectivity index (χ1) is 20.0. The zero-order chi connectivity index (χ0) is 28.5. The molecule has 0 spiro atoms. The number of carboxylic acids is 1. The molecule has 2 heterocycles. The molecule has 0 saturated carbocycles. The molecule has 0 radical (unpaired) electrons. The van der Waals surface area contributed by atoms with Crippen LogP contribution in [-0.4, -0.2) is 32.6 Å². The van der Waals surface area contributed by atoms with E-state index in [0.717, 1.165) is 54.0 Å². The molecule has 2 aliphatic carbocycles. The van der Waals surface area contributed by atoms with Crippen molar-refractivity contribution < 1.29 is 14.7 Å². The van der Waals surface area contributed by atoms with Gasteiger partial charge in [-0.25, -0.2) is 9.78 Å². The lowest BCUT2D eigenvalue weighted by molar-refractivity contribution is -0.119. The molecule has 6 rings (SSSR count). The van der Waals surface area contributed by atoms with Gasteiger partial charge in [0.2, 0.25) is 0 Å². The molecule has 0 fully saturated rings. The van der Waals surface area contributed by atoms with Crippen molar-refractivity contribution in [2.24, 2.45) is 16.8 Å². The average Bonchev–Trinajstić information content (AvgIpc) is 3.65.